The van der Waals surface area contributed by atoms with Gasteiger partial charge in [-0.05, 0) is 106 Å². The van der Waals surface area contributed by atoms with Crippen molar-refractivity contribution < 1.29 is 9.47 Å². The number of pyridine rings is 2. The standard InChI is InChI=1S/C28H32N4O2S2.C26H28N4O2S2/c1-2-31-10-8-19(9-11-31)29-20-6-7-24-26(16-20)35-25-5-3-4-22(28(25)36-24)23-17-21(18-27(33)30-23)32-12-14-34-15-13-32;31-25-16-19(30-10-12-32-13-11-30)15-21(29-25)20-2-1-3-23-26(20)34-22-5-4-18(14-24(22)33-23)28-17-6-8-27-9-7-17/h3-7,16-19,29H,2,8-15H2,1H3,(H,30,33);1-5,14-17,27-28H,6-13H2,(H,29,31). The van der Waals surface area contributed by atoms with E-state index in [1.54, 1.807) is 35.7 Å². The molecule has 6 aliphatic rings. The van der Waals surface area contributed by atoms with Crippen LogP contribution in [0, 0.1) is 0 Å². The molecular weight excluding hydrogens is 953 g/mol. The number of nitrogens with one attached hydrogen (secondary N) is 5. The van der Waals surface area contributed by atoms with Gasteiger partial charge in [0, 0.05) is 137 Å². The summed E-state index contributed by atoms with van der Waals surface area (Å²) in [5.74, 6) is 0. The molecule has 0 unspecified atom stereocenters. The fourth-order valence-electron chi connectivity index (χ4n) is 9.99. The highest BCUT2D eigenvalue weighted by molar-refractivity contribution is 8.05. The van der Waals surface area contributed by atoms with E-state index in [2.05, 4.69) is 132 Å². The summed E-state index contributed by atoms with van der Waals surface area (Å²) in [5.41, 5.74) is 8.07. The fraction of sp³-hybridized carbons (Fsp3) is 0.370. The summed E-state index contributed by atoms with van der Waals surface area (Å²) in [4.78, 5) is 48.3. The average molecular weight is 1010 g/mol. The average Bonchev–Trinajstić information content (AvgIpc) is 3.40. The third-order valence-corrected chi connectivity index (χ3v) is 19.0. The molecule has 5 N–H and O–H groups in total. The van der Waals surface area contributed by atoms with E-state index in [4.69, 9.17) is 9.47 Å². The van der Waals surface area contributed by atoms with E-state index < -0.39 is 0 Å². The Bertz CT molecular complexity index is 2940. The van der Waals surface area contributed by atoms with Gasteiger partial charge in [0.15, 0.2) is 0 Å². The normalized spacial score (nSPS) is 18.4. The number of aromatic nitrogens is 2. The lowest BCUT2D eigenvalue weighted by atomic mass is 10.0. The molecule has 0 radical (unpaired) electrons. The summed E-state index contributed by atoms with van der Waals surface area (Å²) < 4.78 is 11.0. The molecule has 4 saturated heterocycles. The monoisotopic (exact) mass is 1010 g/mol. The van der Waals surface area contributed by atoms with E-state index in [1.807, 2.05) is 23.5 Å². The number of H-pyrrole nitrogens is 2. The molecule has 16 heteroatoms. The van der Waals surface area contributed by atoms with Crippen molar-refractivity contribution in [3.8, 4) is 22.5 Å². The van der Waals surface area contributed by atoms with Crippen molar-refractivity contribution in [2.24, 2.45) is 0 Å². The second-order valence-corrected chi connectivity index (χ2v) is 22.7. The van der Waals surface area contributed by atoms with Crippen LogP contribution >= 0.6 is 47.0 Å². The van der Waals surface area contributed by atoms with E-state index in [9.17, 15) is 9.59 Å². The molecule has 12 nitrogen and oxygen atoms in total. The number of anilines is 4. The summed E-state index contributed by atoms with van der Waals surface area (Å²) in [6, 6.07) is 34.9. The number of piperidine rings is 2. The van der Waals surface area contributed by atoms with Crippen molar-refractivity contribution in [1.82, 2.24) is 20.2 Å². The van der Waals surface area contributed by atoms with Crippen molar-refractivity contribution in [2.75, 3.05) is 106 Å². The van der Waals surface area contributed by atoms with Gasteiger partial charge < -0.3 is 50.1 Å². The molecular formula is C54H60N8O4S4. The maximum absolute atomic E-state index is 12.6. The highest BCUT2D eigenvalue weighted by Crippen LogP contribution is 2.53. The van der Waals surface area contributed by atoms with E-state index in [0.717, 1.165) is 92.5 Å². The molecule has 70 heavy (non-hydrogen) atoms. The first-order chi connectivity index (χ1) is 34.4. The Labute approximate surface area is 426 Å². The summed E-state index contributed by atoms with van der Waals surface area (Å²) in [5, 5.41) is 10.9. The van der Waals surface area contributed by atoms with Crippen molar-refractivity contribution in [3.05, 3.63) is 118 Å². The molecule has 4 fully saturated rings. The first-order valence-corrected chi connectivity index (χ1v) is 28.0. The van der Waals surface area contributed by atoms with Crippen molar-refractivity contribution >= 4 is 69.8 Å². The lowest BCUT2D eigenvalue weighted by Crippen LogP contribution is -2.38. The molecule has 0 bridgehead atoms. The number of morpholine rings is 2. The van der Waals surface area contributed by atoms with Gasteiger partial charge in [0.25, 0.3) is 0 Å². The van der Waals surface area contributed by atoms with Gasteiger partial charge in [0.2, 0.25) is 11.1 Å². The number of hydrogen-bond acceptors (Lipinski definition) is 14. The Morgan fingerprint density at radius 1 is 0.529 bits per heavy atom. The number of likely N-dealkylation sites (tertiary alicyclic amines) is 1. The zero-order chi connectivity index (χ0) is 47.4. The zero-order valence-electron chi connectivity index (χ0n) is 39.5. The minimum absolute atomic E-state index is 0.0686. The largest absolute Gasteiger partial charge is 0.382 e. The number of ether oxygens (including phenoxy) is 2. The molecule has 0 spiro atoms. The smallest absolute Gasteiger partial charge is 0.250 e. The molecule has 0 atom stereocenters. The van der Waals surface area contributed by atoms with Gasteiger partial charge in [-0.2, -0.15) is 0 Å². The lowest BCUT2D eigenvalue weighted by molar-refractivity contribution is 0.122. The van der Waals surface area contributed by atoms with E-state index in [0.29, 0.717) is 38.5 Å². The van der Waals surface area contributed by atoms with Crippen molar-refractivity contribution in [1.29, 1.82) is 0 Å². The maximum Gasteiger partial charge on any atom is 0.250 e. The summed E-state index contributed by atoms with van der Waals surface area (Å²) in [6.07, 6.45) is 4.71. The number of benzene rings is 4. The zero-order valence-corrected chi connectivity index (χ0v) is 42.8. The first kappa shape index (κ1) is 47.5. The Morgan fingerprint density at radius 2 is 1.00 bits per heavy atom. The van der Waals surface area contributed by atoms with E-state index >= 15 is 0 Å². The van der Waals surface area contributed by atoms with Gasteiger partial charge in [-0.1, -0.05) is 78.2 Å². The first-order valence-electron chi connectivity index (χ1n) is 24.8. The van der Waals surface area contributed by atoms with Crippen LogP contribution in [0.1, 0.15) is 32.6 Å². The van der Waals surface area contributed by atoms with Crippen LogP contribution in [0.3, 0.4) is 0 Å². The minimum atomic E-state index is -0.0703. The Morgan fingerprint density at radius 3 is 1.47 bits per heavy atom. The highest BCUT2D eigenvalue weighted by atomic mass is 32.2. The van der Waals surface area contributed by atoms with Crippen LogP contribution in [0.5, 0.6) is 0 Å². The third-order valence-electron chi connectivity index (χ3n) is 13.8. The van der Waals surface area contributed by atoms with Crippen LogP contribution in [0.2, 0.25) is 0 Å². The number of rotatable bonds is 9. The lowest BCUT2D eigenvalue weighted by Gasteiger charge is -2.32. The van der Waals surface area contributed by atoms with Crippen LogP contribution in [-0.2, 0) is 9.47 Å². The van der Waals surface area contributed by atoms with Gasteiger partial charge in [0.05, 0.1) is 37.8 Å². The van der Waals surface area contributed by atoms with Crippen LogP contribution in [0.4, 0.5) is 22.7 Å². The number of hydrogen-bond donors (Lipinski definition) is 5. The summed E-state index contributed by atoms with van der Waals surface area (Å²) in [7, 11) is 0. The quantitative estimate of drug-likeness (QED) is 0.0941. The predicted molar refractivity (Wildman–Crippen MR) is 289 cm³/mol. The van der Waals surface area contributed by atoms with E-state index in [-0.39, 0.29) is 11.1 Å². The number of aromatic amines is 2. The molecule has 6 aliphatic heterocycles. The van der Waals surface area contributed by atoms with Crippen LogP contribution in [0.15, 0.2) is 146 Å². The molecule has 0 aliphatic carbocycles. The second kappa shape index (κ2) is 21.9. The van der Waals surface area contributed by atoms with E-state index in [1.165, 1.54) is 76.5 Å². The topological polar surface area (TPSA) is 130 Å². The predicted octanol–water partition coefficient (Wildman–Crippen LogP) is 10.0. The third kappa shape index (κ3) is 11.0. The number of fused-ring (bicyclic) bond motifs is 4. The Hall–Kier alpha value is -4.78. The fourth-order valence-corrected chi connectivity index (χ4v) is 14.8. The Balaban J connectivity index is 0.000000153. The van der Waals surface area contributed by atoms with Crippen molar-refractivity contribution in [2.45, 2.75) is 83.9 Å². The number of nitrogens with zero attached hydrogens (tertiary/aromatic N) is 3. The SMILES string of the molecule is CCN1CCC(Nc2ccc3c(c2)Sc2cccc(-c4cc(N5CCOCC5)cc(=O)[nH]4)c2S3)CC1.O=c1cc(N2CCOCC2)cc(-c2cccc3c2Sc2ccc(NC4CCNCC4)cc2S3)[nH]1. The van der Waals surface area contributed by atoms with Gasteiger partial charge in [-0.15, -0.1) is 0 Å². The minimum Gasteiger partial charge on any atom is -0.382 e. The van der Waals surface area contributed by atoms with Gasteiger partial charge >= 0.3 is 0 Å². The second-order valence-electron chi connectivity index (χ2n) is 18.5. The maximum atomic E-state index is 12.6. The van der Waals surface area contributed by atoms with Gasteiger partial charge in [-0.3, -0.25) is 9.59 Å². The molecule has 8 heterocycles. The molecule has 12 rings (SSSR count). The summed E-state index contributed by atoms with van der Waals surface area (Å²) >= 11 is 7.22. The molecule has 364 valence electrons. The molecule has 2 aromatic heterocycles. The van der Waals surface area contributed by atoms with Gasteiger partial charge in [0.1, 0.15) is 0 Å². The van der Waals surface area contributed by atoms with Crippen LogP contribution < -0.4 is 36.9 Å². The van der Waals surface area contributed by atoms with Crippen LogP contribution in [0.25, 0.3) is 22.5 Å². The highest BCUT2D eigenvalue weighted by Gasteiger charge is 2.26. The molecule has 0 amide bonds. The molecule has 4 aromatic carbocycles. The molecule has 6 aromatic rings. The van der Waals surface area contributed by atoms with Gasteiger partial charge in [-0.25, -0.2) is 0 Å². The molecule has 0 saturated carbocycles. The van der Waals surface area contributed by atoms with Crippen LogP contribution in [-0.4, -0.2) is 112 Å². The summed E-state index contributed by atoms with van der Waals surface area (Å²) in [6.45, 7) is 13.9. The Kier molecular flexibility index (Phi) is 14.9. The van der Waals surface area contributed by atoms with Crippen molar-refractivity contribution in [3.63, 3.8) is 0 Å².